The van der Waals surface area contributed by atoms with Gasteiger partial charge >= 0.3 is 0 Å². The van der Waals surface area contributed by atoms with E-state index in [-0.39, 0.29) is 5.92 Å². The summed E-state index contributed by atoms with van der Waals surface area (Å²) in [6.07, 6.45) is 3.68. The van der Waals surface area contributed by atoms with Crippen molar-refractivity contribution in [3.8, 4) is 0 Å². The van der Waals surface area contributed by atoms with Crippen molar-refractivity contribution in [1.29, 1.82) is 0 Å². The normalized spacial score (nSPS) is 12.4. The molecule has 0 N–H and O–H groups in total. The van der Waals surface area contributed by atoms with Crippen LogP contribution >= 0.6 is 0 Å². The third kappa shape index (κ3) is 4.18. The average Bonchev–Trinajstić information content (AvgIpc) is 2.28. The van der Waals surface area contributed by atoms with E-state index in [0.717, 1.165) is 19.3 Å². The van der Waals surface area contributed by atoms with Crippen molar-refractivity contribution in [3.63, 3.8) is 0 Å². The number of ketones is 1. The highest BCUT2D eigenvalue weighted by Crippen LogP contribution is 2.12. The van der Waals surface area contributed by atoms with Gasteiger partial charge in [0.05, 0.1) is 0 Å². The van der Waals surface area contributed by atoms with Crippen molar-refractivity contribution in [2.45, 2.75) is 46.5 Å². The fourth-order valence-corrected chi connectivity index (χ4v) is 1.86. The lowest BCUT2D eigenvalue weighted by molar-refractivity contribution is -0.122. The monoisotopic (exact) mass is 218 g/mol. The first-order valence-electron chi connectivity index (χ1n) is 6.21. The molecule has 0 saturated carbocycles. The number of hydrogen-bond donors (Lipinski definition) is 0. The van der Waals surface area contributed by atoms with Gasteiger partial charge in [0.1, 0.15) is 5.78 Å². The van der Waals surface area contributed by atoms with E-state index < -0.39 is 0 Å². The lowest BCUT2D eigenvalue weighted by Gasteiger charge is -2.08. The molecule has 0 aliphatic rings. The maximum atomic E-state index is 11.8. The van der Waals surface area contributed by atoms with Crippen LogP contribution in [-0.2, 0) is 11.2 Å². The highest BCUT2D eigenvalue weighted by Gasteiger charge is 2.11. The summed E-state index contributed by atoms with van der Waals surface area (Å²) in [7, 11) is 0. The summed E-state index contributed by atoms with van der Waals surface area (Å²) in [5, 5.41) is 0. The zero-order valence-corrected chi connectivity index (χ0v) is 10.6. The van der Waals surface area contributed by atoms with Crippen molar-refractivity contribution < 1.29 is 4.79 Å². The van der Waals surface area contributed by atoms with E-state index in [9.17, 15) is 4.79 Å². The van der Waals surface area contributed by atoms with Crippen molar-refractivity contribution in [2.75, 3.05) is 0 Å². The van der Waals surface area contributed by atoms with E-state index in [0.29, 0.717) is 12.2 Å². The molecule has 0 aliphatic carbocycles. The van der Waals surface area contributed by atoms with Gasteiger partial charge in [-0.05, 0) is 25.3 Å². The second kappa shape index (κ2) is 6.47. The first kappa shape index (κ1) is 13.0. The van der Waals surface area contributed by atoms with E-state index in [2.05, 4.69) is 38.1 Å². The average molecular weight is 218 g/mol. The molecule has 0 bridgehead atoms. The molecule has 0 saturated heterocycles. The van der Waals surface area contributed by atoms with Crippen LogP contribution in [0.2, 0.25) is 0 Å². The molecule has 1 nitrogen and oxygen atoms in total. The van der Waals surface area contributed by atoms with Crippen LogP contribution in [0.15, 0.2) is 24.3 Å². The standard InChI is InChI=1S/C15H22O/c1-4-5-13(3)15(16)11-10-14-8-6-12(2)7-9-14/h6-9,13H,4-5,10-11H2,1-3H3. The third-order valence-corrected chi connectivity index (χ3v) is 3.05. The molecule has 0 spiro atoms. The Balaban J connectivity index is 2.39. The number of Topliss-reactive ketones (excluding diaryl/α,β-unsaturated/α-hetero) is 1. The Morgan fingerprint density at radius 2 is 1.88 bits per heavy atom. The molecule has 0 aromatic heterocycles. The van der Waals surface area contributed by atoms with E-state index in [1.807, 2.05) is 6.92 Å². The zero-order chi connectivity index (χ0) is 12.0. The van der Waals surface area contributed by atoms with Gasteiger partial charge in [-0.2, -0.15) is 0 Å². The predicted octanol–water partition coefficient (Wildman–Crippen LogP) is 3.93. The maximum Gasteiger partial charge on any atom is 0.136 e. The Hall–Kier alpha value is -1.11. The predicted molar refractivity (Wildman–Crippen MR) is 68.6 cm³/mol. The van der Waals surface area contributed by atoms with Crippen LogP contribution in [0, 0.1) is 12.8 Å². The quantitative estimate of drug-likeness (QED) is 0.707. The van der Waals surface area contributed by atoms with E-state index >= 15 is 0 Å². The van der Waals surface area contributed by atoms with Crippen molar-refractivity contribution in [2.24, 2.45) is 5.92 Å². The third-order valence-electron chi connectivity index (χ3n) is 3.05. The van der Waals surface area contributed by atoms with E-state index in [1.165, 1.54) is 11.1 Å². The molecule has 0 aliphatic heterocycles. The van der Waals surface area contributed by atoms with Gasteiger partial charge in [-0.3, -0.25) is 4.79 Å². The molecule has 0 heterocycles. The molecule has 1 atom stereocenters. The second-order valence-corrected chi connectivity index (χ2v) is 4.64. The molecule has 0 amide bonds. The highest BCUT2D eigenvalue weighted by atomic mass is 16.1. The summed E-state index contributed by atoms with van der Waals surface area (Å²) in [4.78, 5) is 11.8. The number of carbonyl (C=O) groups excluding carboxylic acids is 1. The number of hydrogen-bond acceptors (Lipinski definition) is 1. The van der Waals surface area contributed by atoms with Crippen molar-refractivity contribution >= 4 is 5.78 Å². The first-order chi connectivity index (χ1) is 7.63. The lowest BCUT2D eigenvalue weighted by atomic mass is 9.96. The summed E-state index contributed by atoms with van der Waals surface area (Å²) in [6.45, 7) is 6.25. The Labute approximate surface area is 98.9 Å². The fourth-order valence-electron chi connectivity index (χ4n) is 1.86. The molecule has 0 fully saturated rings. The number of aryl methyl sites for hydroxylation is 2. The molecule has 1 rings (SSSR count). The molecule has 1 unspecified atom stereocenters. The zero-order valence-electron chi connectivity index (χ0n) is 10.6. The Morgan fingerprint density at radius 3 is 2.44 bits per heavy atom. The van der Waals surface area contributed by atoms with Gasteiger partial charge in [-0.15, -0.1) is 0 Å². The van der Waals surface area contributed by atoms with Gasteiger partial charge < -0.3 is 0 Å². The minimum absolute atomic E-state index is 0.232. The number of carbonyl (C=O) groups is 1. The lowest BCUT2D eigenvalue weighted by Crippen LogP contribution is -2.11. The van der Waals surface area contributed by atoms with Gasteiger partial charge in [0, 0.05) is 12.3 Å². The molecule has 88 valence electrons. The number of rotatable bonds is 6. The van der Waals surface area contributed by atoms with Gasteiger partial charge in [-0.25, -0.2) is 0 Å². The Bertz CT molecular complexity index is 324. The van der Waals surface area contributed by atoms with Gasteiger partial charge in [0.2, 0.25) is 0 Å². The Kier molecular flexibility index (Phi) is 5.24. The van der Waals surface area contributed by atoms with Crippen LogP contribution in [0.25, 0.3) is 0 Å². The van der Waals surface area contributed by atoms with Gasteiger partial charge in [0.15, 0.2) is 0 Å². The fraction of sp³-hybridized carbons (Fsp3) is 0.533. The highest BCUT2D eigenvalue weighted by molar-refractivity contribution is 5.80. The minimum atomic E-state index is 0.232. The minimum Gasteiger partial charge on any atom is -0.299 e. The first-order valence-corrected chi connectivity index (χ1v) is 6.21. The van der Waals surface area contributed by atoms with E-state index in [4.69, 9.17) is 0 Å². The summed E-state index contributed by atoms with van der Waals surface area (Å²) in [6, 6.07) is 8.45. The summed E-state index contributed by atoms with van der Waals surface area (Å²) >= 11 is 0. The largest absolute Gasteiger partial charge is 0.299 e. The van der Waals surface area contributed by atoms with Crippen LogP contribution in [0.1, 0.15) is 44.2 Å². The topological polar surface area (TPSA) is 17.1 Å². The summed E-state index contributed by atoms with van der Waals surface area (Å²) in [5.41, 5.74) is 2.54. The Morgan fingerprint density at radius 1 is 1.25 bits per heavy atom. The second-order valence-electron chi connectivity index (χ2n) is 4.64. The van der Waals surface area contributed by atoms with Gasteiger partial charge in [-0.1, -0.05) is 50.1 Å². The summed E-state index contributed by atoms with van der Waals surface area (Å²) in [5.74, 6) is 0.637. The number of benzene rings is 1. The molecule has 1 aromatic carbocycles. The molecular formula is C15H22O. The smallest absolute Gasteiger partial charge is 0.136 e. The van der Waals surface area contributed by atoms with Crippen LogP contribution in [-0.4, -0.2) is 5.78 Å². The molecule has 1 aromatic rings. The summed E-state index contributed by atoms with van der Waals surface area (Å²) < 4.78 is 0. The van der Waals surface area contributed by atoms with Crippen LogP contribution in [0.4, 0.5) is 0 Å². The molecule has 16 heavy (non-hydrogen) atoms. The molecular weight excluding hydrogens is 196 g/mol. The van der Waals surface area contributed by atoms with Crippen LogP contribution in [0.5, 0.6) is 0 Å². The SMILES string of the molecule is CCCC(C)C(=O)CCc1ccc(C)cc1. The molecule has 1 heteroatoms. The van der Waals surface area contributed by atoms with Crippen LogP contribution < -0.4 is 0 Å². The van der Waals surface area contributed by atoms with E-state index in [1.54, 1.807) is 0 Å². The maximum absolute atomic E-state index is 11.8. The van der Waals surface area contributed by atoms with Crippen LogP contribution in [0.3, 0.4) is 0 Å². The van der Waals surface area contributed by atoms with Crippen molar-refractivity contribution in [1.82, 2.24) is 0 Å². The van der Waals surface area contributed by atoms with Crippen molar-refractivity contribution in [3.05, 3.63) is 35.4 Å². The van der Waals surface area contributed by atoms with Gasteiger partial charge in [0.25, 0.3) is 0 Å². The molecule has 0 radical (unpaired) electrons.